The van der Waals surface area contributed by atoms with Crippen LogP contribution in [-0.4, -0.2) is 58.5 Å². The first-order valence-corrected chi connectivity index (χ1v) is 12.5. The number of carbonyl (C=O) groups excluding carboxylic acids is 1. The van der Waals surface area contributed by atoms with Crippen LogP contribution in [0.25, 0.3) is 0 Å². The average molecular weight is 428 g/mol. The summed E-state index contributed by atoms with van der Waals surface area (Å²) in [5.74, 6) is 1.31. The van der Waals surface area contributed by atoms with Crippen LogP contribution >= 0.6 is 0 Å². The summed E-state index contributed by atoms with van der Waals surface area (Å²) >= 11 is 0. The van der Waals surface area contributed by atoms with Gasteiger partial charge in [0.1, 0.15) is 6.04 Å². The Bertz CT molecular complexity index is 690. The molecule has 6 heteroatoms. The summed E-state index contributed by atoms with van der Waals surface area (Å²) in [5.41, 5.74) is 7.74. The molecular weight excluding hydrogens is 386 g/mol. The van der Waals surface area contributed by atoms with Gasteiger partial charge in [0.25, 0.3) is 0 Å². The molecule has 0 bridgehead atoms. The van der Waals surface area contributed by atoms with E-state index in [1.54, 1.807) is 6.20 Å². The molecule has 1 amide bonds. The number of piperidine rings is 1. The van der Waals surface area contributed by atoms with Crippen LogP contribution < -0.4 is 10.9 Å². The summed E-state index contributed by atoms with van der Waals surface area (Å²) in [7, 11) is 0. The van der Waals surface area contributed by atoms with E-state index >= 15 is 0 Å². The fraction of sp³-hybridized carbons (Fsp3) is 0.760. The van der Waals surface area contributed by atoms with Gasteiger partial charge in [-0.1, -0.05) is 39.2 Å². The molecule has 2 saturated heterocycles. The largest absolute Gasteiger partial charge is 0.337 e. The van der Waals surface area contributed by atoms with Crippen molar-refractivity contribution in [3.63, 3.8) is 0 Å². The highest BCUT2D eigenvalue weighted by Crippen LogP contribution is 2.28. The summed E-state index contributed by atoms with van der Waals surface area (Å²) in [5, 5.41) is 0. The highest BCUT2D eigenvalue weighted by Gasteiger charge is 2.35. The van der Waals surface area contributed by atoms with Crippen LogP contribution in [0.15, 0.2) is 24.5 Å². The second kappa shape index (κ2) is 10.9. The van der Waals surface area contributed by atoms with Gasteiger partial charge >= 0.3 is 0 Å². The molecule has 4 rings (SSSR count). The van der Waals surface area contributed by atoms with Gasteiger partial charge in [0.05, 0.1) is 0 Å². The third-order valence-electron chi connectivity index (χ3n) is 7.56. The molecule has 3 fully saturated rings. The quantitative estimate of drug-likeness (QED) is 0.699. The molecule has 0 spiro atoms. The number of rotatable bonds is 7. The summed E-state index contributed by atoms with van der Waals surface area (Å²) < 4.78 is 0. The van der Waals surface area contributed by atoms with Crippen LogP contribution in [0.5, 0.6) is 0 Å². The van der Waals surface area contributed by atoms with Crippen LogP contribution in [0.3, 0.4) is 0 Å². The van der Waals surface area contributed by atoms with Gasteiger partial charge in [-0.05, 0) is 62.1 Å². The van der Waals surface area contributed by atoms with Gasteiger partial charge in [0, 0.05) is 44.1 Å². The molecule has 1 aliphatic carbocycles. The number of carbonyl (C=O) groups is 1. The van der Waals surface area contributed by atoms with Crippen LogP contribution in [0.4, 0.5) is 0 Å². The Labute approximate surface area is 188 Å². The normalized spacial score (nSPS) is 28.2. The van der Waals surface area contributed by atoms with Crippen molar-refractivity contribution in [3.05, 3.63) is 30.1 Å². The third kappa shape index (κ3) is 6.05. The van der Waals surface area contributed by atoms with E-state index in [0.29, 0.717) is 24.4 Å². The molecule has 0 aromatic carbocycles. The van der Waals surface area contributed by atoms with E-state index in [0.717, 1.165) is 31.1 Å². The lowest BCUT2D eigenvalue weighted by atomic mass is 9.90. The number of nitrogens with one attached hydrogen (secondary N) is 2. The van der Waals surface area contributed by atoms with Crippen LogP contribution in [0.2, 0.25) is 0 Å². The Kier molecular flexibility index (Phi) is 7.96. The molecule has 172 valence electrons. The smallest absolute Gasteiger partial charge is 0.241 e. The van der Waals surface area contributed by atoms with Gasteiger partial charge in [-0.2, -0.15) is 0 Å². The number of pyridine rings is 1. The Morgan fingerprint density at radius 3 is 2.74 bits per heavy atom. The SMILES string of the molecule is CC(C)C1CC(C(=O)N(Cc2cccnc2)CC2CCCN(C3CCCCC3)C2)NN1. The lowest BCUT2D eigenvalue weighted by Gasteiger charge is -2.41. The van der Waals surface area contributed by atoms with Crippen molar-refractivity contribution < 1.29 is 4.79 Å². The van der Waals surface area contributed by atoms with Crippen molar-refractivity contribution in [1.29, 1.82) is 0 Å². The van der Waals surface area contributed by atoms with Gasteiger partial charge in [-0.3, -0.25) is 15.2 Å². The fourth-order valence-electron chi connectivity index (χ4n) is 5.68. The molecule has 2 aliphatic heterocycles. The molecule has 1 aromatic heterocycles. The number of amides is 1. The molecule has 0 radical (unpaired) electrons. The molecular formula is C25H41N5O. The van der Waals surface area contributed by atoms with E-state index in [2.05, 4.69) is 45.5 Å². The highest BCUT2D eigenvalue weighted by molar-refractivity contribution is 5.82. The number of hydrazine groups is 1. The number of likely N-dealkylation sites (tertiary alicyclic amines) is 1. The summed E-state index contributed by atoms with van der Waals surface area (Å²) in [4.78, 5) is 22.7. The van der Waals surface area contributed by atoms with E-state index in [1.165, 1.54) is 51.5 Å². The zero-order valence-corrected chi connectivity index (χ0v) is 19.4. The Hall–Kier alpha value is -1.50. The summed E-state index contributed by atoms with van der Waals surface area (Å²) in [6.45, 7) is 8.30. The van der Waals surface area contributed by atoms with Crippen molar-refractivity contribution >= 4 is 5.91 Å². The zero-order chi connectivity index (χ0) is 21.6. The predicted molar refractivity (Wildman–Crippen MR) is 124 cm³/mol. The maximum atomic E-state index is 13.6. The lowest BCUT2D eigenvalue weighted by molar-refractivity contribution is -0.134. The first kappa shape index (κ1) is 22.7. The molecule has 3 heterocycles. The van der Waals surface area contributed by atoms with Gasteiger partial charge in [0.15, 0.2) is 0 Å². The number of hydrogen-bond acceptors (Lipinski definition) is 5. The molecule has 6 nitrogen and oxygen atoms in total. The van der Waals surface area contributed by atoms with E-state index in [1.807, 2.05) is 12.3 Å². The maximum Gasteiger partial charge on any atom is 0.241 e. The second-order valence-corrected chi connectivity index (χ2v) is 10.3. The Balaban J connectivity index is 1.42. The first-order valence-electron chi connectivity index (χ1n) is 12.5. The first-order chi connectivity index (χ1) is 15.1. The summed E-state index contributed by atoms with van der Waals surface area (Å²) in [6, 6.07) is 5.03. The molecule has 3 atom stereocenters. The number of nitrogens with zero attached hydrogens (tertiary/aromatic N) is 3. The summed E-state index contributed by atoms with van der Waals surface area (Å²) in [6.07, 6.45) is 13.9. The second-order valence-electron chi connectivity index (χ2n) is 10.3. The number of aromatic nitrogens is 1. The van der Waals surface area contributed by atoms with Crippen molar-refractivity contribution in [2.45, 2.75) is 89.9 Å². The minimum Gasteiger partial charge on any atom is -0.337 e. The number of hydrogen-bond donors (Lipinski definition) is 2. The molecule has 3 unspecified atom stereocenters. The van der Waals surface area contributed by atoms with Crippen LogP contribution in [0.1, 0.15) is 70.8 Å². The van der Waals surface area contributed by atoms with E-state index < -0.39 is 0 Å². The highest BCUT2D eigenvalue weighted by atomic mass is 16.2. The van der Waals surface area contributed by atoms with E-state index in [9.17, 15) is 4.79 Å². The molecule has 3 aliphatic rings. The minimum atomic E-state index is -0.137. The Morgan fingerprint density at radius 2 is 2.03 bits per heavy atom. The third-order valence-corrected chi connectivity index (χ3v) is 7.56. The van der Waals surface area contributed by atoms with Gasteiger partial charge in [0.2, 0.25) is 5.91 Å². The van der Waals surface area contributed by atoms with Crippen LogP contribution in [-0.2, 0) is 11.3 Å². The van der Waals surface area contributed by atoms with Gasteiger partial charge < -0.3 is 9.80 Å². The van der Waals surface area contributed by atoms with Crippen molar-refractivity contribution in [1.82, 2.24) is 25.6 Å². The zero-order valence-electron chi connectivity index (χ0n) is 19.4. The maximum absolute atomic E-state index is 13.6. The molecule has 31 heavy (non-hydrogen) atoms. The average Bonchev–Trinajstić information content (AvgIpc) is 3.30. The fourth-order valence-corrected chi connectivity index (χ4v) is 5.68. The van der Waals surface area contributed by atoms with Gasteiger partial charge in [-0.25, -0.2) is 5.43 Å². The van der Waals surface area contributed by atoms with Crippen LogP contribution in [0, 0.1) is 11.8 Å². The van der Waals surface area contributed by atoms with Crippen molar-refractivity contribution in [2.75, 3.05) is 19.6 Å². The van der Waals surface area contributed by atoms with E-state index in [-0.39, 0.29) is 11.9 Å². The lowest BCUT2D eigenvalue weighted by Crippen LogP contribution is -2.50. The van der Waals surface area contributed by atoms with Crippen molar-refractivity contribution in [2.24, 2.45) is 11.8 Å². The monoisotopic (exact) mass is 427 g/mol. The van der Waals surface area contributed by atoms with Crippen molar-refractivity contribution in [3.8, 4) is 0 Å². The van der Waals surface area contributed by atoms with E-state index in [4.69, 9.17) is 0 Å². The van der Waals surface area contributed by atoms with Gasteiger partial charge in [-0.15, -0.1) is 0 Å². The topological polar surface area (TPSA) is 60.5 Å². The molecule has 2 N–H and O–H groups in total. The predicted octanol–water partition coefficient (Wildman–Crippen LogP) is 3.35. The Morgan fingerprint density at radius 1 is 1.19 bits per heavy atom. The standard InChI is InChI=1S/C25H41N5O/c1-19(2)23-14-24(28-27-23)25(31)30(16-20-8-6-12-26-15-20)18-21-9-7-13-29(17-21)22-10-4-3-5-11-22/h6,8,12,15,19,21-24,27-28H,3-5,7,9-11,13-14,16-18H2,1-2H3. The minimum absolute atomic E-state index is 0.137. The molecule has 1 aromatic rings. The molecule has 1 saturated carbocycles.